The van der Waals surface area contributed by atoms with Crippen molar-refractivity contribution in [3.63, 3.8) is 0 Å². The first kappa shape index (κ1) is 20.0. The molecule has 2 aliphatic rings. The molecule has 1 spiro atoms. The molecule has 2 rings (SSSR count). The molecule has 6 nitrogen and oxygen atoms in total. The molecule has 0 radical (unpaired) electrons. The second-order valence-electron chi connectivity index (χ2n) is 6.89. The molecule has 0 saturated carbocycles. The molecule has 24 heavy (non-hydrogen) atoms. The number of carbonyl (C=O) groups is 1. The lowest BCUT2D eigenvalue weighted by atomic mass is 10.0. The Labute approximate surface area is 150 Å². The zero-order valence-electron chi connectivity index (χ0n) is 15.0. The summed E-state index contributed by atoms with van der Waals surface area (Å²) in [6, 6.07) is 0.0126. The highest BCUT2D eigenvalue weighted by Gasteiger charge is 2.45. The lowest BCUT2D eigenvalue weighted by molar-refractivity contribution is -0.123. The fourth-order valence-corrected chi connectivity index (χ4v) is 6.17. The van der Waals surface area contributed by atoms with E-state index in [2.05, 4.69) is 17.6 Å². The second-order valence-corrected chi connectivity index (χ2v) is 10.4. The van der Waals surface area contributed by atoms with Gasteiger partial charge in [-0.3, -0.25) is 10.1 Å². The van der Waals surface area contributed by atoms with E-state index in [-0.39, 0.29) is 28.6 Å². The van der Waals surface area contributed by atoms with Crippen molar-refractivity contribution in [1.82, 2.24) is 14.9 Å². The number of nitrogens with zero attached hydrogens (tertiary/aromatic N) is 1. The number of thioether (sulfide) groups is 1. The number of unbranched alkanes of at least 4 members (excludes halogenated alkanes) is 1. The molecule has 140 valence electrons. The molecule has 2 unspecified atom stereocenters. The maximum absolute atomic E-state index is 12.3. The molecule has 0 aliphatic carbocycles. The Hall–Kier alpha value is -0.310. The quantitative estimate of drug-likeness (QED) is 0.703. The summed E-state index contributed by atoms with van der Waals surface area (Å²) in [6.45, 7) is 7.16. The Morgan fingerprint density at radius 1 is 1.38 bits per heavy atom. The number of carbonyl (C=O) groups excluding carboxylic acids is 1. The van der Waals surface area contributed by atoms with Crippen molar-refractivity contribution in [2.24, 2.45) is 0 Å². The molecule has 2 heterocycles. The van der Waals surface area contributed by atoms with Gasteiger partial charge in [-0.2, -0.15) is 0 Å². The molecule has 0 aromatic rings. The molecule has 8 heteroatoms. The van der Waals surface area contributed by atoms with Crippen LogP contribution in [0.15, 0.2) is 0 Å². The van der Waals surface area contributed by atoms with E-state index in [4.69, 9.17) is 0 Å². The highest BCUT2D eigenvalue weighted by atomic mass is 32.2. The molecule has 2 aliphatic heterocycles. The monoisotopic (exact) mass is 377 g/mol. The van der Waals surface area contributed by atoms with Gasteiger partial charge in [-0.1, -0.05) is 20.3 Å². The lowest BCUT2D eigenvalue weighted by Crippen LogP contribution is -2.55. The summed E-state index contributed by atoms with van der Waals surface area (Å²) in [5.74, 6) is 1.06. The van der Waals surface area contributed by atoms with Crippen LogP contribution in [-0.4, -0.2) is 60.2 Å². The normalized spacial score (nSPS) is 25.7. The summed E-state index contributed by atoms with van der Waals surface area (Å²) in [6.07, 6.45) is 4.05. The summed E-state index contributed by atoms with van der Waals surface area (Å²) in [5, 5.41) is 6.51. The largest absolute Gasteiger partial charge is 0.352 e. The first-order valence-corrected chi connectivity index (χ1v) is 11.6. The van der Waals surface area contributed by atoms with Crippen LogP contribution in [0.1, 0.15) is 52.9 Å². The summed E-state index contributed by atoms with van der Waals surface area (Å²) in [4.78, 5) is 12.1. The number of sulfonamides is 1. The van der Waals surface area contributed by atoms with Gasteiger partial charge >= 0.3 is 0 Å². The zero-order chi connectivity index (χ0) is 17.8. The van der Waals surface area contributed by atoms with E-state index in [0.29, 0.717) is 13.1 Å². The van der Waals surface area contributed by atoms with Gasteiger partial charge in [0, 0.05) is 24.9 Å². The van der Waals surface area contributed by atoms with E-state index in [1.165, 1.54) is 0 Å². The van der Waals surface area contributed by atoms with Crippen LogP contribution in [-0.2, 0) is 14.8 Å². The number of hydrogen-bond acceptors (Lipinski definition) is 5. The van der Waals surface area contributed by atoms with Gasteiger partial charge in [0.2, 0.25) is 15.9 Å². The second kappa shape index (κ2) is 8.38. The zero-order valence-corrected chi connectivity index (χ0v) is 16.6. The minimum Gasteiger partial charge on any atom is -0.352 e. The molecule has 2 saturated heterocycles. The highest BCUT2D eigenvalue weighted by Crippen LogP contribution is 2.39. The minimum atomic E-state index is -3.12. The van der Waals surface area contributed by atoms with Crippen LogP contribution in [0.2, 0.25) is 0 Å². The van der Waals surface area contributed by atoms with E-state index in [9.17, 15) is 13.2 Å². The Balaban J connectivity index is 1.87. The van der Waals surface area contributed by atoms with Crippen molar-refractivity contribution in [2.45, 2.75) is 69.8 Å². The fourth-order valence-electron chi connectivity index (χ4n) is 3.10. The summed E-state index contributed by atoms with van der Waals surface area (Å²) >= 11 is 1.77. The smallest absolute Gasteiger partial charge is 0.238 e. The first-order chi connectivity index (χ1) is 11.3. The van der Waals surface area contributed by atoms with Crippen molar-refractivity contribution in [3.05, 3.63) is 0 Å². The van der Waals surface area contributed by atoms with Gasteiger partial charge in [0.15, 0.2) is 0 Å². The third-order valence-corrected chi connectivity index (χ3v) is 8.50. The fraction of sp³-hybridized carbons (Fsp3) is 0.938. The average molecular weight is 378 g/mol. The third kappa shape index (κ3) is 4.86. The number of nitrogens with one attached hydrogen (secondary N) is 2. The molecule has 0 aromatic carbocycles. The molecule has 0 aromatic heterocycles. The number of piperidine rings is 1. The van der Waals surface area contributed by atoms with Crippen LogP contribution in [0.5, 0.6) is 0 Å². The molecule has 1 amide bonds. The van der Waals surface area contributed by atoms with Crippen molar-refractivity contribution in [3.8, 4) is 0 Å². The maximum Gasteiger partial charge on any atom is 0.238 e. The minimum absolute atomic E-state index is 0.0618. The predicted molar refractivity (Wildman–Crippen MR) is 99.5 cm³/mol. The Morgan fingerprint density at radius 2 is 2.04 bits per heavy atom. The van der Waals surface area contributed by atoms with E-state index in [0.717, 1.165) is 37.9 Å². The van der Waals surface area contributed by atoms with Gasteiger partial charge in [0.1, 0.15) is 0 Å². The van der Waals surface area contributed by atoms with E-state index >= 15 is 0 Å². The van der Waals surface area contributed by atoms with E-state index in [1.807, 2.05) is 13.8 Å². The Kier molecular flexibility index (Phi) is 6.99. The molecule has 2 atom stereocenters. The summed E-state index contributed by atoms with van der Waals surface area (Å²) in [7, 11) is -3.12. The van der Waals surface area contributed by atoms with Gasteiger partial charge in [0.25, 0.3) is 0 Å². The molecule has 2 N–H and O–H groups in total. The lowest BCUT2D eigenvalue weighted by Gasteiger charge is -2.38. The van der Waals surface area contributed by atoms with Crippen LogP contribution in [0.3, 0.4) is 0 Å². The van der Waals surface area contributed by atoms with E-state index in [1.54, 1.807) is 16.1 Å². The maximum atomic E-state index is 12.3. The predicted octanol–water partition coefficient (Wildman–Crippen LogP) is 1.53. The summed E-state index contributed by atoms with van der Waals surface area (Å²) in [5.41, 5.74) is 0. The van der Waals surface area contributed by atoms with Crippen LogP contribution in [0.25, 0.3) is 0 Å². The van der Waals surface area contributed by atoms with Crippen LogP contribution in [0, 0.1) is 0 Å². The third-order valence-electron chi connectivity index (χ3n) is 4.96. The average Bonchev–Trinajstić information content (AvgIpc) is 2.97. The topological polar surface area (TPSA) is 78.5 Å². The SMILES string of the molecule is CCCCS(=O)(=O)N1CCC2(CC1)NC(C(=O)NC(C)CC)CS2. The van der Waals surface area contributed by atoms with Gasteiger partial charge in [-0.15, -0.1) is 11.8 Å². The standard InChI is InChI=1S/C16H31N3O3S2/c1-4-6-11-24(21,22)19-9-7-16(8-10-19)18-14(12-23-16)15(20)17-13(3)5-2/h13-14,18H,4-12H2,1-3H3,(H,17,20). The first-order valence-electron chi connectivity index (χ1n) is 9.02. The van der Waals surface area contributed by atoms with Gasteiger partial charge < -0.3 is 5.32 Å². The van der Waals surface area contributed by atoms with Gasteiger partial charge in [0.05, 0.1) is 16.7 Å². The van der Waals surface area contributed by atoms with Crippen LogP contribution >= 0.6 is 11.8 Å². The van der Waals surface area contributed by atoms with Crippen LogP contribution in [0.4, 0.5) is 0 Å². The van der Waals surface area contributed by atoms with Gasteiger partial charge in [-0.05, 0) is 32.6 Å². The number of rotatable bonds is 7. The summed E-state index contributed by atoms with van der Waals surface area (Å²) < 4.78 is 26.2. The van der Waals surface area contributed by atoms with E-state index < -0.39 is 10.0 Å². The molecular weight excluding hydrogens is 346 g/mol. The Bertz CT molecular complexity index is 531. The van der Waals surface area contributed by atoms with Crippen molar-refractivity contribution >= 4 is 27.7 Å². The number of amides is 1. The van der Waals surface area contributed by atoms with Crippen molar-refractivity contribution in [1.29, 1.82) is 0 Å². The molecule has 0 bridgehead atoms. The molecule has 2 fully saturated rings. The van der Waals surface area contributed by atoms with Crippen molar-refractivity contribution < 1.29 is 13.2 Å². The Morgan fingerprint density at radius 3 is 2.62 bits per heavy atom. The highest BCUT2D eigenvalue weighted by molar-refractivity contribution is 8.01. The van der Waals surface area contributed by atoms with Crippen molar-refractivity contribution in [2.75, 3.05) is 24.6 Å². The van der Waals surface area contributed by atoms with Gasteiger partial charge in [-0.25, -0.2) is 12.7 Å². The van der Waals surface area contributed by atoms with Crippen LogP contribution < -0.4 is 10.6 Å². The molecular formula is C16H31N3O3S2. The number of hydrogen-bond donors (Lipinski definition) is 2.